The van der Waals surface area contributed by atoms with Gasteiger partial charge in [-0.1, -0.05) is 29.3 Å². The first kappa shape index (κ1) is 15.9. The topological polar surface area (TPSA) is 29.1 Å². The second-order valence-corrected chi connectivity index (χ2v) is 6.51. The van der Waals surface area contributed by atoms with Gasteiger partial charge in [-0.2, -0.15) is 0 Å². The van der Waals surface area contributed by atoms with Gasteiger partial charge in [-0.05, 0) is 44.2 Å². The van der Waals surface area contributed by atoms with E-state index in [1.807, 2.05) is 38.1 Å². The molecule has 5 heteroatoms. The lowest BCUT2D eigenvalue weighted by atomic mass is 10.2. The first-order valence-electron chi connectivity index (χ1n) is 6.45. The van der Waals surface area contributed by atoms with Gasteiger partial charge in [0.05, 0.1) is 10.3 Å². The van der Waals surface area contributed by atoms with Crippen molar-refractivity contribution in [3.8, 4) is 0 Å². The van der Waals surface area contributed by atoms with Crippen LogP contribution in [0, 0.1) is 12.7 Å². The van der Waals surface area contributed by atoms with Crippen LogP contribution in [0.3, 0.4) is 0 Å². The van der Waals surface area contributed by atoms with E-state index < -0.39 is 5.82 Å². The average molecular weight is 324 g/mol. The Morgan fingerprint density at radius 2 is 1.90 bits per heavy atom. The second-order valence-electron chi connectivity index (χ2n) is 4.69. The molecule has 110 valence electrons. The predicted octanol–water partition coefficient (Wildman–Crippen LogP) is 4.91. The molecule has 0 bridgehead atoms. The number of carbonyl (C=O) groups is 1. The van der Waals surface area contributed by atoms with Crippen LogP contribution in [-0.4, -0.2) is 11.2 Å². The van der Waals surface area contributed by atoms with E-state index in [0.29, 0.717) is 5.69 Å². The minimum atomic E-state index is -0.503. The van der Waals surface area contributed by atoms with E-state index in [2.05, 4.69) is 5.32 Å². The lowest BCUT2D eigenvalue weighted by Crippen LogP contribution is -2.22. The molecule has 0 spiro atoms. The molecule has 0 fully saturated rings. The van der Waals surface area contributed by atoms with E-state index in [4.69, 9.17) is 11.6 Å². The Labute approximate surface area is 132 Å². The van der Waals surface area contributed by atoms with Gasteiger partial charge in [-0.25, -0.2) is 4.39 Å². The fraction of sp³-hybridized carbons (Fsp3) is 0.188. The van der Waals surface area contributed by atoms with Crippen LogP contribution in [0.25, 0.3) is 0 Å². The largest absolute Gasteiger partial charge is 0.325 e. The summed E-state index contributed by atoms with van der Waals surface area (Å²) in [6.45, 7) is 3.84. The van der Waals surface area contributed by atoms with Crippen molar-refractivity contribution >= 4 is 35.0 Å². The maximum atomic E-state index is 13.1. The second kappa shape index (κ2) is 6.96. The molecular weight excluding hydrogens is 309 g/mol. The fourth-order valence-corrected chi connectivity index (χ4v) is 2.74. The van der Waals surface area contributed by atoms with Crippen molar-refractivity contribution < 1.29 is 9.18 Å². The lowest BCUT2D eigenvalue weighted by molar-refractivity contribution is -0.115. The number of benzene rings is 2. The number of amides is 1. The summed E-state index contributed by atoms with van der Waals surface area (Å²) in [5.41, 5.74) is 1.67. The molecule has 2 aromatic carbocycles. The number of aryl methyl sites for hydroxylation is 1. The molecule has 0 aliphatic carbocycles. The van der Waals surface area contributed by atoms with Gasteiger partial charge >= 0.3 is 0 Å². The Balaban J connectivity index is 1.98. The van der Waals surface area contributed by atoms with E-state index >= 15 is 0 Å². The fourth-order valence-electron chi connectivity index (χ4n) is 1.69. The van der Waals surface area contributed by atoms with Gasteiger partial charge in [0, 0.05) is 10.6 Å². The monoisotopic (exact) mass is 323 g/mol. The molecule has 0 saturated heterocycles. The van der Waals surface area contributed by atoms with Gasteiger partial charge < -0.3 is 5.32 Å². The van der Waals surface area contributed by atoms with Crippen molar-refractivity contribution in [1.29, 1.82) is 0 Å². The number of carbonyl (C=O) groups excluding carboxylic acids is 1. The molecule has 1 amide bonds. The van der Waals surface area contributed by atoms with Gasteiger partial charge in [-0.3, -0.25) is 4.79 Å². The van der Waals surface area contributed by atoms with Gasteiger partial charge in [0.25, 0.3) is 0 Å². The van der Waals surface area contributed by atoms with Crippen molar-refractivity contribution in [3.05, 3.63) is 58.9 Å². The maximum Gasteiger partial charge on any atom is 0.237 e. The smallest absolute Gasteiger partial charge is 0.237 e. The third kappa shape index (κ3) is 4.48. The number of thioether (sulfide) groups is 1. The Hall–Kier alpha value is -1.52. The summed E-state index contributed by atoms with van der Waals surface area (Å²) >= 11 is 7.16. The predicted molar refractivity (Wildman–Crippen MR) is 86.5 cm³/mol. The Kier molecular flexibility index (Phi) is 5.26. The summed E-state index contributed by atoms with van der Waals surface area (Å²) < 4.78 is 13.1. The number of nitrogens with one attached hydrogen (secondary N) is 1. The highest BCUT2D eigenvalue weighted by Gasteiger charge is 2.15. The molecule has 21 heavy (non-hydrogen) atoms. The zero-order valence-electron chi connectivity index (χ0n) is 11.7. The molecule has 0 saturated carbocycles. The number of anilines is 1. The molecule has 2 nitrogen and oxygen atoms in total. The van der Waals surface area contributed by atoms with Crippen LogP contribution in [0.2, 0.25) is 5.02 Å². The summed E-state index contributed by atoms with van der Waals surface area (Å²) in [5.74, 6) is -0.653. The molecule has 0 radical (unpaired) electrons. The number of hydrogen-bond acceptors (Lipinski definition) is 2. The van der Waals surface area contributed by atoms with E-state index in [1.54, 1.807) is 0 Å². The van der Waals surface area contributed by atoms with Gasteiger partial charge in [0.15, 0.2) is 0 Å². The number of rotatable bonds is 4. The number of hydrogen-bond donors (Lipinski definition) is 1. The van der Waals surface area contributed by atoms with E-state index in [-0.39, 0.29) is 16.2 Å². The van der Waals surface area contributed by atoms with Crippen LogP contribution in [0.1, 0.15) is 12.5 Å². The quantitative estimate of drug-likeness (QED) is 0.810. The van der Waals surface area contributed by atoms with Gasteiger partial charge in [-0.15, -0.1) is 11.8 Å². The molecule has 1 atom stereocenters. The van der Waals surface area contributed by atoms with Crippen molar-refractivity contribution in [2.24, 2.45) is 0 Å². The first-order chi connectivity index (χ1) is 9.95. The summed E-state index contributed by atoms with van der Waals surface area (Å²) in [4.78, 5) is 13.1. The Morgan fingerprint density at radius 1 is 1.24 bits per heavy atom. The van der Waals surface area contributed by atoms with Crippen LogP contribution in [0.4, 0.5) is 10.1 Å². The highest BCUT2D eigenvalue weighted by atomic mass is 35.5. The summed E-state index contributed by atoms with van der Waals surface area (Å²) in [5, 5.41) is 2.46. The minimum Gasteiger partial charge on any atom is -0.325 e. The van der Waals surface area contributed by atoms with Crippen LogP contribution < -0.4 is 5.32 Å². The normalized spacial score (nSPS) is 12.0. The van der Waals surface area contributed by atoms with Crippen molar-refractivity contribution in [1.82, 2.24) is 0 Å². The highest BCUT2D eigenvalue weighted by Crippen LogP contribution is 2.25. The van der Waals surface area contributed by atoms with Crippen molar-refractivity contribution in [3.63, 3.8) is 0 Å². The standard InChI is InChI=1S/C16H15ClFNOS/c1-10-3-6-13(7-4-10)21-11(2)16(20)19-12-5-8-15(18)14(17)9-12/h3-9,11H,1-2H3,(H,19,20)/t11-/m0/s1. The maximum absolute atomic E-state index is 13.1. The minimum absolute atomic E-state index is 0.00774. The van der Waals surface area contributed by atoms with Crippen LogP contribution in [0.5, 0.6) is 0 Å². The molecule has 1 N–H and O–H groups in total. The molecule has 0 aliphatic heterocycles. The third-order valence-electron chi connectivity index (χ3n) is 2.89. The van der Waals surface area contributed by atoms with Gasteiger partial charge in [0.2, 0.25) is 5.91 Å². The number of halogens is 2. The average Bonchev–Trinajstić information content (AvgIpc) is 2.45. The Morgan fingerprint density at radius 3 is 2.52 bits per heavy atom. The molecule has 0 aromatic heterocycles. The summed E-state index contributed by atoms with van der Waals surface area (Å²) in [6.07, 6.45) is 0. The molecule has 0 aliphatic rings. The van der Waals surface area contributed by atoms with E-state index in [0.717, 1.165) is 4.90 Å². The van der Waals surface area contributed by atoms with Crippen LogP contribution >= 0.6 is 23.4 Å². The summed E-state index contributed by atoms with van der Waals surface area (Å²) in [7, 11) is 0. The highest BCUT2D eigenvalue weighted by molar-refractivity contribution is 8.00. The zero-order chi connectivity index (χ0) is 15.4. The SMILES string of the molecule is Cc1ccc(S[C@@H](C)C(=O)Nc2ccc(F)c(Cl)c2)cc1. The molecule has 2 rings (SSSR count). The van der Waals surface area contributed by atoms with E-state index in [9.17, 15) is 9.18 Å². The molecule has 0 heterocycles. The molecule has 2 aromatic rings. The first-order valence-corrected chi connectivity index (χ1v) is 7.70. The van der Waals surface area contributed by atoms with Crippen molar-refractivity contribution in [2.45, 2.75) is 24.0 Å². The Bertz CT molecular complexity index is 645. The van der Waals surface area contributed by atoms with Crippen molar-refractivity contribution in [2.75, 3.05) is 5.32 Å². The van der Waals surface area contributed by atoms with E-state index in [1.165, 1.54) is 35.5 Å². The third-order valence-corrected chi connectivity index (χ3v) is 4.29. The van der Waals surface area contributed by atoms with Gasteiger partial charge in [0.1, 0.15) is 5.82 Å². The summed E-state index contributed by atoms with van der Waals surface area (Å²) in [6, 6.07) is 12.1. The molecular formula is C16H15ClFNOS. The molecule has 0 unspecified atom stereocenters. The van der Waals surface area contributed by atoms with Crippen LogP contribution in [-0.2, 0) is 4.79 Å². The lowest BCUT2D eigenvalue weighted by Gasteiger charge is -2.12. The van der Waals surface area contributed by atoms with Crippen LogP contribution in [0.15, 0.2) is 47.4 Å². The zero-order valence-corrected chi connectivity index (χ0v) is 13.3.